The summed E-state index contributed by atoms with van der Waals surface area (Å²) in [5.41, 5.74) is 1.98. The first kappa shape index (κ1) is 16.4. The lowest BCUT2D eigenvalue weighted by molar-refractivity contribution is -0.385. The van der Waals surface area contributed by atoms with Crippen LogP contribution < -0.4 is 5.43 Å². The Bertz CT molecular complexity index is 807. The summed E-state index contributed by atoms with van der Waals surface area (Å²) in [4.78, 5) is 22.0. The Hall–Kier alpha value is -2.94. The van der Waals surface area contributed by atoms with Crippen LogP contribution in [-0.2, 0) is 0 Å². The molecule has 0 bridgehead atoms. The monoisotopic (exact) mass is 379 g/mol. The van der Waals surface area contributed by atoms with Gasteiger partial charge in [0.25, 0.3) is 11.6 Å². The molecule has 0 spiro atoms. The molecule has 118 valence electrons. The third-order valence-corrected chi connectivity index (χ3v) is 3.41. The minimum absolute atomic E-state index is 0.0223. The number of amides is 1. The van der Waals surface area contributed by atoms with Gasteiger partial charge in [0, 0.05) is 17.7 Å². The van der Waals surface area contributed by atoms with Crippen LogP contribution in [0.2, 0.25) is 0 Å². The molecule has 0 fully saturated rings. The van der Waals surface area contributed by atoms with Gasteiger partial charge in [0.15, 0.2) is 0 Å². The Morgan fingerprint density at radius 1 is 1.30 bits per heavy atom. The van der Waals surface area contributed by atoms with Crippen LogP contribution in [0.3, 0.4) is 0 Å². The van der Waals surface area contributed by atoms with Crippen molar-refractivity contribution >= 4 is 33.7 Å². The van der Waals surface area contributed by atoms with Crippen molar-refractivity contribution in [3.05, 3.63) is 62.1 Å². The Labute approximate surface area is 138 Å². The summed E-state index contributed by atoms with van der Waals surface area (Å²) >= 11 is 3.00. The maximum absolute atomic E-state index is 11.8. The van der Waals surface area contributed by atoms with Crippen LogP contribution in [0.25, 0.3) is 0 Å². The minimum Gasteiger partial charge on any atom is -0.507 e. The number of hydrogen-bond donors (Lipinski definition) is 3. The van der Waals surface area contributed by atoms with Crippen molar-refractivity contribution in [1.29, 1.82) is 0 Å². The number of phenolic OH excluding ortho intramolecular Hbond substituents is 2. The van der Waals surface area contributed by atoms with Crippen molar-refractivity contribution in [3.63, 3.8) is 0 Å². The highest BCUT2D eigenvalue weighted by atomic mass is 79.9. The second-order valence-electron chi connectivity index (χ2n) is 4.34. The van der Waals surface area contributed by atoms with Gasteiger partial charge in [-0.25, -0.2) is 5.43 Å². The molecule has 0 radical (unpaired) electrons. The van der Waals surface area contributed by atoms with E-state index in [0.717, 1.165) is 18.3 Å². The number of non-ortho nitro benzene ring substituents is 1. The van der Waals surface area contributed by atoms with E-state index in [1.807, 2.05) is 0 Å². The lowest BCUT2D eigenvalue weighted by Crippen LogP contribution is -2.17. The van der Waals surface area contributed by atoms with Crippen molar-refractivity contribution in [1.82, 2.24) is 5.43 Å². The van der Waals surface area contributed by atoms with Gasteiger partial charge in [0.05, 0.1) is 21.2 Å². The zero-order valence-corrected chi connectivity index (χ0v) is 13.0. The van der Waals surface area contributed by atoms with Crippen LogP contribution in [0.4, 0.5) is 5.69 Å². The van der Waals surface area contributed by atoms with Gasteiger partial charge in [-0.3, -0.25) is 14.9 Å². The van der Waals surface area contributed by atoms with Gasteiger partial charge in [-0.05, 0) is 28.1 Å². The molecule has 0 heterocycles. The summed E-state index contributed by atoms with van der Waals surface area (Å²) in [5, 5.41) is 33.8. The van der Waals surface area contributed by atoms with E-state index in [4.69, 9.17) is 0 Å². The largest absolute Gasteiger partial charge is 0.507 e. The number of nitrogens with zero attached hydrogens (tertiary/aromatic N) is 2. The maximum atomic E-state index is 11.8. The Balaban J connectivity index is 2.19. The van der Waals surface area contributed by atoms with E-state index in [0.29, 0.717) is 0 Å². The van der Waals surface area contributed by atoms with Gasteiger partial charge < -0.3 is 10.2 Å². The Morgan fingerprint density at radius 3 is 2.65 bits per heavy atom. The highest BCUT2D eigenvalue weighted by Crippen LogP contribution is 2.31. The van der Waals surface area contributed by atoms with Gasteiger partial charge in [-0.1, -0.05) is 12.1 Å². The number of carbonyl (C=O) groups excluding carboxylic acids is 1. The minimum atomic E-state index is -0.664. The van der Waals surface area contributed by atoms with Crippen LogP contribution in [0.15, 0.2) is 46.0 Å². The van der Waals surface area contributed by atoms with Crippen molar-refractivity contribution in [2.75, 3.05) is 0 Å². The number of benzene rings is 2. The van der Waals surface area contributed by atoms with E-state index in [-0.39, 0.29) is 32.8 Å². The topological polar surface area (TPSA) is 125 Å². The molecule has 0 aromatic heterocycles. The third kappa shape index (κ3) is 3.83. The fraction of sp³-hybridized carbons (Fsp3) is 0. The zero-order chi connectivity index (χ0) is 17.0. The van der Waals surface area contributed by atoms with E-state index in [1.165, 1.54) is 12.1 Å². The molecule has 0 saturated heterocycles. The SMILES string of the molecule is O=C(N/N=C\c1cc([N+](=O)[O-])cc(Br)c1O)c1ccccc1O. The molecular formula is C14H10BrN3O5. The first-order chi connectivity index (χ1) is 10.9. The van der Waals surface area contributed by atoms with Crippen LogP contribution in [0, 0.1) is 10.1 Å². The lowest BCUT2D eigenvalue weighted by atomic mass is 10.2. The van der Waals surface area contributed by atoms with E-state index >= 15 is 0 Å². The standard InChI is InChI=1S/C14H10BrN3O5/c15-11-6-9(18(22)23)5-8(13(11)20)7-16-17-14(21)10-3-1-2-4-12(10)19/h1-7,19-20H,(H,17,21)/b16-7-. The number of nitrogens with one attached hydrogen (secondary N) is 1. The number of para-hydroxylation sites is 1. The number of hydrogen-bond acceptors (Lipinski definition) is 6. The lowest BCUT2D eigenvalue weighted by Gasteiger charge is -2.03. The molecule has 2 aromatic rings. The molecule has 2 rings (SSSR count). The summed E-state index contributed by atoms with van der Waals surface area (Å²) in [5.74, 6) is -1.12. The molecule has 23 heavy (non-hydrogen) atoms. The summed E-state index contributed by atoms with van der Waals surface area (Å²) in [6.45, 7) is 0. The number of carbonyl (C=O) groups is 1. The van der Waals surface area contributed by atoms with E-state index < -0.39 is 10.8 Å². The zero-order valence-electron chi connectivity index (χ0n) is 11.4. The molecular weight excluding hydrogens is 370 g/mol. The summed E-state index contributed by atoms with van der Waals surface area (Å²) in [6.07, 6.45) is 1.06. The molecule has 1 amide bonds. The number of nitro groups is 1. The predicted octanol–water partition coefficient (Wildman–Crippen LogP) is 2.53. The molecule has 0 atom stereocenters. The van der Waals surface area contributed by atoms with Gasteiger partial charge in [0.2, 0.25) is 0 Å². The highest BCUT2D eigenvalue weighted by Gasteiger charge is 2.14. The Kier molecular flexibility index (Phi) is 4.91. The second-order valence-corrected chi connectivity index (χ2v) is 5.19. The van der Waals surface area contributed by atoms with Gasteiger partial charge in [-0.15, -0.1) is 0 Å². The summed E-state index contributed by atoms with van der Waals surface area (Å²) in [6, 6.07) is 8.14. The highest BCUT2D eigenvalue weighted by molar-refractivity contribution is 9.10. The van der Waals surface area contributed by atoms with Crippen molar-refractivity contribution in [3.8, 4) is 11.5 Å². The van der Waals surface area contributed by atoms with E-state index in [9.17, 15) is 25.1 Å². The number of rotatable bonds is 4. The Morgan fingerprint density at radius 2 is 2.00 bits per heavy atom. The van der Waals surface area contributed by atoms with Crippen molar-refractivity contribution in [2.45, 2.75) is 0 Å². The van der Waals surface area contributed by atoms with Crippen LogP contribution in [-0.4, -0.2) is 27.3 Å². The molecule has 0 aliphatic carbocycles. The quantitative estimate of drug-likeness (QED) is 0.427. The van der Waals surface area contributed by atoms with Gasteiger partial charge >= 0.3 is 0 Å². The molecule has 3 N–H and O–H groups in total. The maximum Gasteiger partial charge on any atom is 0.275 e. The number of aromatic hydroxyl groups is 2. The first-order valence-corrected chi connectivity index (χ1v) is 6.97. The van der Waals surface area contributed by atoms with Gasteiger partial charge in [0.1, 0.15) is 11.5 Å². The molecule has 0 saturated carbocycles. The molecule has 2 aromatic carbocycles. The van der Waals surface area contributed by atoms with Crippen LogP contribution in [0.1, 0.15) is 15.9 Å². The molecule has 0 unspecified atom stereocenters. The average Bonchev–Trinajstić information content (AvgIpc) is 2.51. The molecule has 0 aliphatic heterocycles. The first-order valence-electron chi connectivity index (χ1n) is 6.18. The second kappa shape index (κ2) is 6.88. The van der Waals surface area contributed by atoms with Crippen molar-refractivity contribution in [2.24, 2.45) is 5.10 Å². The molecule has 8 nitrogen and oxygen atoms in total. The fourth-order valence-electron chi connectivity index (χ4n) is 1.70. The number of nitro benzene ring substituents is 1. The van der Waals surface area contributed by atoms with Crippen LogP contribution >= 0.6 is 15.9 Å². The number of phenols is 2. The summed E-state index contributed by atoms with van der Waals surface area (Å²) in [7, 11) is 0. The molecule has 0 aliphatic rings. The van der Waals surface area contributed by atoms with Crippen LogP contribution in [0.5, 0.6) is 11.5 Å². The number of halogens is 1. The molecule has 9 heteroatoms. The third-order valence-electron chi connectivity index (χ3n) is 2.81. The average molecular weight is 380 g/mol. The number of hydrazone groups is 1. The normalized spacial score (nSPS) is 10.7. The van der Waals surface area contributed by atoms with Crippen molar-refractivity contribution < 1.29 is 19.9 Å². The summed E-state index contributed by atoms with van der Waals surface area (Å²) < 4.78 is 0.125. The van der Waals surface area contributed by atoms with E-state index in [2.05, 4.69) is 26.5 Å². The predicted molar refractivity (Wildman–Crippen MR) is 85.6 cm³/mol. The van der Waals surface area contributed by atoms with E-state index in [1.54, 1.807) is 12.1 Å². The fourth-order valence-corrected chi connectivity index (χ4v) is 2.16. The van der Waals surface area contributed by atoms with Gasteiger partial charge in [-0.2, -0.15) is 5.10 Å². The smallest absolute Gasteiger partial charge is 0.275 e.